The smallest absolute Gasteiger partial charge is 0.276 e. The Bertz CT molecular complexity index is 888. The highest BCUT2D eigenvalue weighted by atomic mass is 16.6. The zero-order valence-electron chi connectivity index (χ0n) is 12.7. The molecule has 0 bridgehead atoms. The summed E-state index contributed by atoms with van der Waals surface area (Å²) >= 11 is 0. The highest BCUT2D eigenvalue weighted by Crippen LogP contribution is 2.35. The summed E-state index contributed by atoms with van der Waals surface area (Å²) in [6.45, 7) is 2.21. The van der Waals surface area contributed by atoms with Crippen molar-refractivity contribution in [2.24, 2.45) is 0 Å². The molecule has 2 aliphatic rings. The minimum atomic E-state index is -0.399. The lowest BCUT2D eigenvalue weighted by molar-refractivity contribution is 0.0819. The Labute approximate surface area is 137 Å². The van der Waals surface area contributed by atoms with Crippen molar-refractivity contribution >= 4 is 0 Å². The van der Waals surface area contributed by atoms with Crippen molar-refractivity contribution in [1.82, 2.24) is 19.7 Å². The molecule has 5 rings (SSSR count). The molecule has 24 heavy (non-hydrogen) atoms. The summed E-state index contributed by atoms with van der Waals surface area (Å²) in [4.78, 5) is 8.81. The van der Waals surface area contributed by atoms with Crippen molar-refractivity contribution in [3.05, 3.63) is 42.1 Å². The van der Waals surface area contributed by atoms with E-state index in [1.807, 2.05) is 28.8 Å². The number of ether oxygens (including phenoxy) is 3. The summed E-state index contributed by atoms with van der Waals surface area (Å²) in [5.41, 5.74) is 0.796. The number of benzene rings is 1. The fourth-order valence-electron chi connectivity index (χ4n) is 2.89. The lowest BCUT2D eigenvalue weighted by Crippen LogP contribution is -2.22. The predicted octanol–water partition coefficient (Wildman–Crippen LogP) is 1.98. The number of hydrogen-bond acceptors (Lipinski definition) is 7. The van der Waals surface area contributed by atoms with Gasteiger partial charge in [0.1, 0.15) is 24.7 Å². The van der Waals surface area contributed by atoms with Gasteiger partial charge in [0, 0.05) is 6.54 Å². The Balaban J connectivity index is 1.43. The van der Waals surface area contributed by atoms with Gasteiger partial charge in [-0.2, -0.15) is 4.98 Å². The quantitative estimate of drug-likeness (QED) is 0.712. The van der Waals surface area contributed by atoms with Crippen LogP contribution in [0, 0.1) is 0 Å². The molecule has 0 N–H and O–H groups in total. The minimum Gasteiger partial charge on any atom is -0.485 e. The third kappa shape index (κ3) is 2.15. The van der Waals surface area contributed by atoms with Crippen LogP contribution in [-0.4, -0.2) is 32.9 Å². The van der Waals surface area contributed by atoms with Gasteiger partial charge in [0.2, 0.25) is 5.82 Å². The van der Waals surface area contributed by atoms with Crippen LogP contribution in [0.2, 0.25) is 0 Å². The Hall–Kier alpha value is -2.87. The van der Waals surface area contributed by atoms with Gasteiger partial charge in [0.05, 0.1) is 12.8 Å². The number of rotatable bonds is 2. The molecule has 1 atom stereocenters. The molecular formula is C16H14N4O4. The van der Waals surface area contributed by atoms with E-state index in [-0.39, 0.29) is 0 Å². The first kappa shape index (κ1) is 13.6. The molecule has 2 aromatic heterocycles. The first-order valence-electron chi connectivity index (χ1n) is 7.73. The summed E-state index contributed by atoms with van der Waals surface area (Å²) in [6, 6.07) is 7.53. The monoisotopic (exact) mass is 326 g/mol. The average molecular weight is 326 g/mol. The van der Waals surface area contributed by atoms with Crippen LogP contribution < -0.4 is 9.47 Å². The van der Waals surface area contributed by atoms with Gasteiger partial charge >= 0.3 is 0 Å². The first-order valence-corrected chi connectivity index (χ1v) is 7.73. The summed E-state index contributed by atoms with van der Waals surface area (Å²) in [5, 5.41) is 4.05. The molecule has 122 valence electrons. The minimum absolute atomic E-state index is 0.342. The van der Waals surface area contributed by atoms with Gasteiger partial charge in [-0.1, -0.05) is 17.3 Å². The van der Waals surface area contributed by atoms with Crippen LogP contribution in [0.25, 0.3) is 11.6 Å². The second-order valence-electron chi connectivity index (χ2n) is 5.59. The third-order valence-corrected chi connectivity index (χ3v) is 4.09. The lowest BCUT2D eigenvalue weighted by Gasteiger charge is -2.24. The summed E-state index contributed by atoms with van der Waals surface area (Å²) < 4.78 is 24.5. The Morgan fingerprint density at radius 2 is 2.08 bits per heavy atom. The van der Waals surface area contributed by atoms with Crippen LogP contribution in [0.3, 0.4) is 0 Å². The van der Waals surface area contributed by atoms with Crippen molar-refractivity contribution < 1.29 is 18.7 Å². The maximum absolute atomic E-state index is 5.91. The van der Waals surface area contributed by atoms with Gasteiger partial charge in [0.15, 0.2) is 17.6 Å². The van der Waals surface area contributed by atoms with E-state index in [2.05, 4.69) is 15.1 Å². The van der Waals surface area contributed by atoms with E-state index in [4.69, 9.17) is 18.7 Å². The molecule has 0 amide bonds. The number of imidazole rings is 1. The van der Waals surface area contributed by atoms with Gasteiger partial charge in [0.25, 0.3) is 5.89 Å². The Morgan fingerprint density at radius 3 is 3.04 bits per heavy atom. The van der Waals surface area contributed by atoms with E-state index in [1.165, 1.54) is 0 Å². The second kappa shape index (κ2) is 5.34. The topological polar surface area (TPSA) is 84.4 Å². The number of hydrogen-bond donors (Lipinski definition) is 0. The molecule has 1 unspecified atom stereocenters. The van der Waals surface area contributed by atoms with Crippen molar-refractivity contribution in [1.29, 1.82) is 0 Å². The van der Waals surface area contributed by atoms with Gasteiger partial charge in [-0.15, -0.1) is 0 Å². The molecule has 1 aromatic carbocycles. The molecule has 2 aliphatic heterocycles. The maximum atomic E-state index is 5.91. The maximum Gasteiger partial charge on any atom is 0.276 e. The number of nitrogens with zero attached hydrogens (tertiary/aromatic N) is 4. The standard InChI is InChI=1S/C16H14N4O4/c1-2-4-12-11(3-1)22-8-13(23-12)15-18-16(24-19-15)10-7-17-14-9-21-6-5-20(10)14/h1-4,7,13H,5-6,8-9H2. The van der Waals surface area contributed by atoms with Crippen molar-refractivity contribution in [2.75, 3.05) is 13.2 Å². The van der Waals surface area contributed by atoms with E-state index in [0.717, 1.165) is 23.8 Å². The number of aromatic nitrogens is 4. The predicted molar refractivity (Wildman–Crippen MR) is 80.5 cm³/mol. The van der Waals surface area contributed by atoms with Crippen LogP contribution in [0.4, 0.5) is 0 Å². The van der Waals surface area contributed by atoms with Crippen molar-refractivity contribution in [3.63, 3.8) is 0 Å². The molecule has 4 heterocycles. The van der Waals surface area contributed by atoms with Crippen LogP contribution >= 0.6 is 0 Å². The lowest BCUT2D eigenvalue weighted by atomic mass is 10.2. The molecular weight excluding hydrogens is 312 g/mol. The average Bonchev–Trinajstić information content (AvgIpc) is 3.28. The van der Waals surface area contributed by atoms with E-state index in [0.29, 0.717) is 37.3 Å². The van der Waals surface area contributed by atoms with E-state index >= 15 is 0 Å². The zero-order chi connectivity index (χ0) is 15.9. The molecule has 0 radical (unpaired) electrons. The SMILES string of the molecule is c1ccc2c(c1)OCC(c1noc(-c3cnc4n3CCOC4)n1)O2. The molecule has 3 aromatic rings. The third-order valence-electron chi connectivity index (χ3n) is 4.09. The van der Waals surface area contributed by atoms with Gasteiger partial charge < -0.3 is 23.3 Å². The van der Waals surface area contributed by atoms with E-state index in [9.17, 15) is 0 Å². The van der Waals surface area contributed by atoms with Crippen LogP contribution in [0.15, 0.2) is 35.0 Å². The molecule has 0 saturated heterocycles. The van der Waals surface area contributed by atoms with Crippen molar-refractivity contribution in [3.8, 4) is 23.1 Å². The molecule has 0 saturated carbocycles. The normalized spacial score (nSPS) is 19.1. The highest BCUT2D eigenvalue weighted by Gasteiger charge is 2.28. The van der Waals surface area contributed by atoms with Gasteiger partial charge in [-0.25, -0.2) is 4.98 Å². The fraction of sp³-hybridized carbons (Fsp3) is 0.312. The zero-order valence-corrected chi connectivity index (χ0v) is 12.7. The molecule has 0 aliphatic carbocycles. The van der Waals surface area contributed by atoms with Gasteiger partial charge in [-0.3, -0.25) is 0 Å². The Kier molecular flexibility index (Phi) is 3.02. The second-order valence-corrected chi connectivity index (χ2v) is 5.59. The molecule has 0 spiro atoms. The van der Waals surface area contributed by atoms with Crippen LogP contribution in [0.1, 0.15) is 17.8 Å². The molecule has 8 nitrogen and oxygen atoms in total. The van der Waals surface area contributed by atoms with E-state index < -0.39 is 6.10 Å². The van der Waals surface area contributed by atoms with Crippen LogP contribution in [-0.2, 0) is 17.9 Å². The highest BCUT2D eigenvalue weighted by molar-refractivity contribution is 5.47. The largest absolute Gasteiger partial charge is 0.485 e. The number of fused-ring (bicyclic) bond motifs is 2. The van der Waals surface area contributed by atoms with Crippen molar-refractivity contribution in [2.45, 2.75) is 19.3 Å². The molecule has 8 heteroatoms. The Morgan fingerprint density at radius 1 is 1.17 bits per heavy atom. The van der Waals surface area contributed by atoms with E-state index in [1.54, 1.807) is 6.20 Å². The summed E-state index contributed by atoms with van der Waals surface area (Å²) in [6.07, 6.45) is 1.33. The first-order chi connectivity index (χ1) is 11.9. The summed E-state index contributed by atoms with van der Waals surface area (Å²) in [7, 11) is 0. The molecule has 0 fully saturated rings. The number of para-hydroxylation sites is 2. The summed E-state index contributed by atoms with van der Waals surface area (Å²) in [5.74, 6) is 3.15. The van der Waals surface area contributed by atoms with Crippen LogP contribution in [0.5, 0.6) is 11.5 Å². The van der Waals surface area contributed by atoms with Gasteiger partial charge in [-0.05, 0) is 12.1 Å². The fourth-order valence-corrected chi connectivity index (χ4v) is 2.89.